The van der Waals surface area contributed by atoms with Crippen LogP contribution in [0, 0.1) is 12.8 Å². The molecular formula is C24H26FN5O3. The van der Waals surface area contributed by atoms with Gasteiger partial charge in [0.15, 0.2) is 0 Å². The fourth-order valence-electron chi connectivity index (χ4n) is 3.62. The Morgan fingerprint density at radius 3 is 2.55 bits per heavy atom. The number of carbonyl (C=O) groups is 2. The largest absolute Gasteiger partial charge is 0.387 e. The van der Waals surface area contributed by atoms with Crippen molar-refractivity contribution < 1.29 is 19.1 Å². The zero-order chi connectivity index (χ0) is 23.9. The van der Waals surface area contributed by atoms with Gasteiger partial charge in [0, 0.05) is 49.1 Å². The highest BCUT2D eigenvalue weighted by Gasteiger charge is 2.43. The molecule has 3 aromatic rings. The van der Waals surface area contributed by atoms with Gasteiger partial charge in [-0.2, -0.15) is 0 Å². The molecule has 8 nitrogen and oxygen atoms in total. The molecule has 0 unspecified atom stereocenters. The molecule has 0 radical (unpaired) electrons. The minimum Gasteiger partial charge on any atom is -0.387 e. The highest BCUT2D eigenvalue weighted by molar-refractivity contribution is 6.03. The number of amides is 2. The van der Waals surface area contributed by atoms with Gasteiger partial charge in [0.05, 0.1) is 23.2 Å². The fraction of sp³-hybridized carbons (Fsp3) is 0.375. The van der Waals surface area contributed by atoms with Crippen molar-refractivity contribution in [2.75, 3.05) is 19.4 Å². The third kappa shape index (κ3) is 4.54. The van der Waals surface area contributed by atoms with Crippen molar-refractivity contribution in [1.82, 2.24) is 19.9 Å². The molecule has 33 heavy (non-hydrogen) atoms. The Bertz CT molecular complexity index is 1250. The number of hydrogen-bond donors (Lipinski definition) is 2. The van der Waals surface area contributed by atoms with Gasteiger partial charge in [0.1, 0.15) is 17.7 Å². The van der Waals surface area contributed by atoms with Crippen LogP contribution in [0.1, 0.15) is 47.6 Å². The van der Waals surface area contributed by atoms with Gasteiger partial charge in [-0.15, -0.1) is 0 Å². The summed E-state index contributed by atoms with van der Waals surface area (Å²) < 4.78 is 13.2. The summed E-state index contributed by atoms with van der Waals surface area (Å²) in [7, 11) is 3.29. The summed E-state index contributed by atoms with van der Waals surface area (Å²) in [4.78, 5) is 39.7. The fourth-order valence-corrected chi connectivity index (χ4v) is 3.62. The number of carbonyl (C=O) groups excluding carboxylic acids is 2. The first kappa shape index (κ1) is 22.7. The molecule has 1 saturated carbocycles. The van der Waals surface area contributed by atoms with Crippen molar-refractivity contribution >= 4 is 28.5 Å². The van der Waals surface area contributed by atoms with E-state index in [1.54, 1.807) is 32.6 Å². The SMILES string of the molecule is CC[C@H](O)c1cc(C)c(-c2cc3cnc(NC(=O)[C@H]4C[C@H]4F)cc3nc2C(=O)N(C)C)cn1. The van der Waals surface area contributed by atoms with E-state index in [-0.39, 0.29) is 23.8 Å². The highest BCUT2D eigenvalue weighted by Crippen LogP contribution is 2.35. The third-order valence-corrected chi connectivity index (χ3v) is 5.76. The molecule has 172 valence electrons. The Hall–Kier alpha value is -3.46. The number of anilines is 1. The number of aryl methyl sites for hydroxylation is 1. The molecule has 1 fully saturated rings. The number of pyridine rings is 3. The average Bonchev–Trinajstić information content (AvgIpc) is 3.53. The molecule has 0 spiro atoms. The summed E-state index contributed by atoms with van der Waals surface area (Å²) in [6, 6.07) is 5.20. The van der Waals surface area contributed by atoms with E-state index in [2.05, 4.69) is 20.3 Å². The number of alkyl halides is 1. The van der Waals surface area contributed by atoms with E-state index in [1.807, 2.05) is 26.0 Å². The molecule has 3 aromatic heterocycles. The van der Waals surface area contributed by atoms with Crippen molar-refractivity contribution in [3.05, 3.63) is 47.5 Å². The number of aromatic nitrogens is 3. The first-order chi connectivity index (χ1) is 15.7. The van der Waals surface area contributed by atoms with Crippen molar-refractivity contribution in [2.24, 2.45) is 5.92 Å². The lowest BCUT2D eigenvalue weighted by molar-refractivity contribution is -0.117. The quantitative estimate of drug-likeness (QED) is 0.594. The first-order valence-corrected chi connectivity index (χ1v) is 10.8. The predicted molar refractivity (Wildman–Crippen MR) is 122 cm³/mol. The van der Waals surface area contributed by atoms with Crippen molar-refractivity contribution in [3.63, 3.8) is 0 Å². The molecular weight excluding hydrogens is 425 g/mol. The van der Waals surface area contributed by atoms with Crippen molar-refractivity contribution in [3.8, 4) is 11.1 Å². The Morgan fingerprint density at radius 1 is 1.21 bits per heavy atom. The summed E-state index contributed by atoms with van der Waals surface area (Å²) in [5, 5.41) is 13.4. The number of hydrogen-bond acceptors (Lipinski definition) is 6. The van der Waals surface area contributed by atoms with Crippen LogP contribution in [0.4, 0.5) is 10.2 Å². The Labute approximate surface area is 190 Å². The predicted octanol–water partition coefficient (Wildman–Crippen LogP) is 3.44. The van der Waals surface area contributed by atoms with Gasteiger partial charge < -0.3 is 15.3 Å². The lowest BCUT2D eigenvalue weighted by atomic mass is 9.97. The topological polar surface area (TPSA) is 108 Å². The molecule has 9 heteroatoms. The Morgan fingerprint density at radius 2 is 1.94 bits per heavy atom. The lowest BCUT2D eigenvalue weighted by Crippen LogP contribution is -2.23. The summed E-state index contributed by atoms with van der Waals surface area (Å²) in [6.07, 6.45) is 2.22. The van der Waals surface area contributed by atoms with Gasteiger partial charge in [-0.05, 0) is 37.5 Å². The van der Waals surface area contributed by atoms with Gasteiger partial charge in [-0.3, -0.25) is 14.6 Å². The number of aliphatic hydroxyl groups excluding tert-OH is 1. The molecule has 0 aliphatic heterocycles. The van der Waals surface area contributed by atoms with Gasteiger partial charge in [0.25, 0.3) is 5.91 Å². The van der Waals surface area contributed by atoms with E-state index >= 15 is 0 Å². The number of halogens is 1. The smallest absolute Gasteiger partial charge is 0.272 e. The number of aliphatic hydroxyl groups is 1. The molecule has 2 N–H and O–H groups in total. The van der Waals surface area contributed by atoms with Crippen LogP contribution in [0.15, 0.2) is 30.6 Å². The number of rotatable bonds is 6. The summed E-state index contributed by atoms with van der Waals surface area (Å²) >= 11 is 0. The van der Waals surface area contributed by atoms with E-state index in [9.17, 15) is 19.1 Å². The van der Waals surface area contributed by atoms with Gasteiger partial charge in [-0.25, -0.2) is 14.4 Å². The van der Waals surface area contributed by atoms with E-state index < -0.39 is 24.1 Å². The van der Waals surface area contributed by atoms with Crippen molar-refractivity contribution in [2.45, 2.75) is 39.0 Å². The first-order valence-electron chi connectivity index (χ1n) is 10.8. The van der Waals surface area contributed by atoms with Crippen LogP contribution in [-0.2, 0) is 4.79 Å². The third-order valence-electron chi connectivity index (χ3n) is 5.76. The van der Waals surface area contributed by atoms with Crippen LogP contribution < -0.4 is 5.32 Å². The number of fused-ring (bicyclic) bond motifs is 1. The van der Waals surface area contributed by atoms with Gasteiger partial charge in [-0.1, -0.05) is 6.92 Å². The monoisotopic (exact) mass is 451 g/mol. The average molecular weight is 452 g/mol. The molecule has 0 saturated heterocycles. The van der Waals surface area contributed by atoms with Crippen LogP contribution >= 0.6 is 0 Å². The maximum atomic E-state index is 13.2. The lowest BCUT2D eigenvalue weighted by Gasteiger charge is -2.17. The van der Waals surface area contributed by atoms with E-state index in [1.165, 1.54) is 4.90 Å². The molecule has 1 aliphatic carbocycles. The highest BCUT2D eigenvalue weighted by atomic mass is 19.1. The maximum absolute atomic E-state index is 13.2. The maximum Gasteiger partial charge on any atom is 0.272 e. The van der Waals surface area contributed by atoms with Crippen LogP contribution in [0.3, 0.4) is 0 Å². The summed E-state index contributed by atoms with van der Waals surface area (Å²) in [6.45, 7) is 3.77. The molecule has 0 bridgehead atoms. The second-order valence-electron chi connectivity index (χ2n) is 8.54. The Balaban J connectivity index is 1.78. The second-order valence-corrected chi connectivity index (χ2v) is 8.54. The molecule has 0 aromatic carbocycles. The van der Waals surface area contributed by atoms with Crippen LogP contribution in [0.25, 0.3) is 22.0 Å². The standard InChI is InChI=1S/C24H26FN5O3/c1-5-20(31)19-6-12(2)16(11-26-19)14-7-13-10-27-21(29-23(32)15-8-17(15)25)9-18(13)28-22(14)24(33)30(3)4/h6-7,9-11,15,17,20,31H,5,8H2,1-4H3,(H,27,29,32)/t15-,17+,20-/m0/s1. The van der Waals surface area contributed by atoms with Gasteiger partial charge >= 0.3 is 0 Å². The zero-order valence-corrected chi connectivity index (χ0v) is 19.0. The Kier molecular flexibility index (Phi) is 6.07. The summed E-state index contributed by atoms with van der Waals surface area (Å²) in [5.74, 6) is -1.07. The van der Waals surface area contributed by atoms with E-state index in [4.69, 9.17) is 0 Å². The molecule has 4 rings (SSSR count). The van der Waals surface area contributed by atoms with E-state index in [0.29, 0.717) is 28.6 Å². The minimum atomic E-state index is -1.10. The molecule has 1 aliphatic rings. The summed E-state index contributed by atoms with van der Waals surface area (Å²) in [5.41, 5.74) is 3.45. The normalized spacial score (nSPS) is 18.1. The van der Waals surface area contributed by atoms with Crippen LogP contribution in [0.2, 0.25) is 0 Å². The number of nitrogens with zero attached hydrogens (tertiary/aromatic N) is 4. The van der Waals surface area contributed by atoms with Gasteiger partial charge in [0.2, 0.25) is 5.91 Å². The number of nitrogens with one attached hydrogen (secondary N) is 1. The zero-order valence-electron chi connectivity index (χ0n) is 19.0. The van der Waals surface area contributed by atoms with Crippen LogP contribution in [0.5, 0.6) is 0 Å². The molecule has 2 amide bonds. The molecule has 3 heterocycles. The second kappa shape index (κ2) is 8.82. The van der Waals surface area contributed by atoms with Crippen LogP contribution in [-0.4, -0.2) is 57.0 Å². The van der Waals surface area contributed by atoms with E-state index in [0.717, 1.165) is 11.1 Å². The minimum absolute atomic E-state index is 0.226. The van der Waals surface area contributed by atoms with Crippen molar-refractivity contribution in [1.29, 1.82) is 0 Å². The molecule has 3 atom stereocenters.